The number of alkyl halides is 2. The zero-order valence-electron chi connectivity index (χ0n) is 11.3. The summed E-state index contributed by atoms with van der Waals surface area (Å²) in [5.41, 5.74) is 0.242. The lowest BCUT2D eigenvalue weighted by molar-refractivity contribution is -0.384. The van der Waals surface area contributed by atoms with Crippen LogP contribution in [-0.2, 0) is 0 Å². The molecule has 0 heterocycles. The van der Waals surface area contributed by atoms with Gasteiger partial charge in [0.15, 0.2) is 0 Å². The van der Waals surface area contributed by atoms with E-state index in [-0.39, 0.29) is 16.3 Å². The largest absolute Gasteiger partial charge is 0.322 e. The van der Waals surface area contributed by atoms with E-state index in [0.717, 1.165) is 6.07 Å². The van der Waals surface area contributed by atoms with Crippen LogP contribution in [0.4, 0.5) is 20.2 Å². The maximum Gasteiger partial charge on any atom is 0.288 e. The highest BCUT2D eigenvalue weighted by Crippen LogP contribution is 2.27. The Balaban J connectivity index is 2.11. The van der Waals surface area contributed by atoms with Gasteiger partial charge < -0.3 is 5.32 Å². The summed E-state index contributed by atoms with van der Waals surface area (Å²) in [6, 6.07) is 9.34. The summed E-state index contributed by atoms with van der Waals surface area (Å²) >= 11 is 6.26. The van der Waals surface area contributed by atoms with E-state index in [2.05, 4.69) is 5.32 Å². The second-order valence-corrected chi connectivity index (χ2v) is 5.75. The second kappa shape index (κ2) is 7.38. The number of nitro benzene ring substituents is 1. The molecule has 0 aliphatic rings. The molecular formula is C14H9ClF2N2O3S. The van der Waals surface area contributed by atoms with Crippen LogP contribution >= 0.6 is 23.4 Å². The maximum atomic E-state index is 12.2. The number of carbonyl (C=O) groups excluding carboxylic acids is 1. The number of carbonyl (C=O) groups is 1. The van der Waals surface area contributed by atoms with Crippen LogP contribution in [0, 0.1) is 10.1 Å². The number of hydrogen-bond acceptors (Lipinski definition) is 4. The summed E-state index contributed by atoms with van der Waals surface area (Å²) in [6.45, 7) is 0. The van der Waals surface area contributed by atoms with Crippen LogP contribution in [0.2, 0.25) is 5.02 Å². The molecule has 5 nitrogen and oxygen atoms in total. The number of benzene rings is 2. The highest BCUT2D eigenvalue weighted by molar-refractivity contribution is 7.99. The quantitative estimate of drug-likeness (QED) is 0.472. The number of halogens is 3. The Kier molecular flexibility index (Phi) is 5.51. The molecule has 0 saturated carbocycles. The minimum Gasteiger partial charge on any atom is -0.322 e. The Hall–Kier alpha value is -2.19. The first-order valence-electron chi connectivity index (χ1n) is 6.17. The molecule has 2 rings (SSSR count). The molecule has 0 spiro atoms. The molecule has 0 unspecified atom stereocenters. The van der Waals surface area contributed by atoms with E-state index in [1.54, 1.807) is 0 Å². The van der Waals surface area contributed by atoms with Gasteiger partial charge in [0, 0.05) is 22.7 Å². The molecule has 0 bridgehead atoms. The Labute approximate surface area is 138 Å². The molecule has 23 heavy (non-hydrogen) atoms. The lowest BCUT2D eigenvalue weighted by Gasteiger charge is -2.07. The zero-order valence-corrected chi connectivity index (χ0v) is 12.9. The molecule has 2 aromatic carbocycles. The van der Waals surface area contributed by atoms with Crippen molar-refractivity contribution in [3.8, 4) is 0 Å². The molecule has 120 valence electrons. The van der Waals surface area contributed by atoms with Crippen LogP contribution in [0.3, 0.4) is 0 Å². The molecule has 1 amide bonds. The number of hydrogen-bond donors (Lipinski definition) is 1. The summed E-state index contributed by atoms with van der Waals surface area (Å²) < 4.78 is 24.4. The van der Waals surface area contributed by atoms with Gasteiger partial charge >= 0.3 is 0 Å². The van der Waals surface area contributed by atoms with Crippen molar-refractivity contribution in [3.63, 3.8) is 0 Å². The van der Waals surface area contributed by atoms with Gasteiger partial charge in [-0.1, -0.05) is 23.4 Å². The van der Waals surface area contributed by atoms with E-state index >= 15 is 0 Å². The van der Waals surface area contributed by atoms with Gasteiger partial charge in [0.1, 0.15) is 0 Å². The molecule has 0 radical (unpaired) electrons. The molecule has 0 aliphatic heterocycles. The number of amides is 1. The van der Waals surface area contributed by atoms with Crippen LogP contribution in [0.5, 0.6) is 0 Å². The number of anilines is 1. The van der Waals surface area contributed by atoms with Gasteiger partial charge in [0.25, 0.3) is 17.4 Å². The van der Waals surface area contributed by atoms with Gasteiger partial charge in [-0.2, -0.15) is 8.78 Å². The molecule has 0 aliphatic carbocycles. The fraction of sp³-hybridized carbons (Fsp3) is 0.0714. The van der Waals surface area contributed by atoms with Crippen molar-refractivity contribution in [2.75, 3.05) is 5.32 Å². The third-order valence-corrected chi connectivity index (χ3v) is 3.78. The first kappa shape index (κ1) is 17.2. The Morgan fingerprint density at radius 2 is 1.87 bits per heavy atom. The SMILES string of the molecule is O=C(Nc1ccc(SC(F)F)cc1)c1ccc([N+](=O)[O-])cc1Cl. The first-order valence-corrected chi connectivity index (χ1v) is 7.43. The van der Waals surface area contributed by atoms with Crippen molar-refractivity contribution in [1.82, 2.24) is 0 Å². The lowest BCUT2D eigenvalue weighted by atomic mass is 10.2. The fourth-order valence-electron chi connectivity index (χ4n) is 1.72. The van der Waals surface area contributed by atoms with Crippen molar-refractivity contribution in [3.05, 3.63) is 63.2 Å². The molecule has 1 N–H and O–H groups in total. The van der Waals surface area contributed by atoms with Crippen molar-refractivity contribution in [2.24, 2.45) is 0 Å². The normalized spacial score (nSPS) is 10.6. The molecule has 0 fully saturated rings. The van der Waals surface area contributed by atoms with Gasteiger partial charge in [-0.25, -0.2) is 0 Å². The summed E-state index contributed by atoms with van der Waals surface area (Å²) in [6.07, 6.45) is 0. The summed E-state index contributed by atoms with van der Waals surface area (Å²) in [5.74, 6) is -3.08. The van der Waals surface area contributed by atoms with E-state index in [9.17, 15) is 23.7 Å². The smallest absolute Gasteiger partial charge is 0.288 e. The predicted octanol–water partition coefficient (Wildman–Crippen LogP) is 4.82. The van der Waals surface area contributed by atoms with Crippen molar-refractivity contribution in [2.45, 2.75) is 10.7 Å². The van der Waals surface area contributed by atoms with E-state index in [1.165, 1.54) is 36.4 Å². The van der Waals surface area contributed by atoms with Crippen LogP contribution in [0.1, 0.15) is 10.4 Å². The van der Waals surface area contributed by atoms with Gasteiger partial charge in [-0.15, -0.1) is 0 Å². The number of non-ortho nitro benzene ring substituents is 1. The topological polar surface area (TPSA) is 72.2 Å². The minimum atomic E-state index is -2.52. The fourth-order valence-corrected chi connectivity index (χ4v) is 2.48. The molecule has 0 aromatic heterocycles. The van der Waals surface area contributed by atoms with E-state index < -0.39 is 16.6 Å². The van der Waals surface area contributed by atoms with Crippen LogP contribution < -0.4 is 5.32 Å². The standard InChI is InChI=1S/C14H9ClF2N2O3S/c15-12-7-9(19(21)22)3-6-11(12)13(20)18-8-1-4-10(5-2-8)23-14(16)17/h1-7,14H,(H,18,20). The Morgan fingerprint density at radius 1 is 1.22 bits per heavy atom. The monoisotopic (exact) mass is 358 g/mol. The Bertz CT molecular complexity index is 741. The molecule has 2 aromatic rings. The predicted molar refractivity (Wildman–Crippen MR) is 84.4 cm³/mol. The second-order valence-electron chi connectivity index (χ2n) is 4.28. The maximum absolute atomic E-state index is 12.2. The molecule has 0 saturated heterocycles. The lowest BCUT2D eigenvalue weighted by Crippen LogP contribution is -2.12. The number of nitrogens with one attached hydrogen (secondary N) is 1. The highest BCUT2D eigenvalue weighted by Gasteiger charge is 2.15. The summed E-state index contributed by atoms with van der Waals surface area (Å²) in [7, 11) is 0. The number of thioether (sulfide) groups is 1. The van der Waals surface area contributed by atoms with Crippen LogP contribution in [0.15, 0.2) is 47.4 Å². The number of nitro groups is 1. The third kappa shape index (κ3) is 4.64. The number of nitrogens with zero attached hydrogens (tertiary/aromatic N) is 1. The zero-order chi connectivity index (χ0) is 17.0. The van der Waals surface area contributed by atoms with Gasteiger partial charge in [0.05, 0.1) is 15.5 Å². The van der Waals surface area contributed by atoms with E-state index in [0.29, 0.717) is 22.3 Å². The van der Waals surface area contributed by atoms with Crippen LogP contribution in [-0.4, -0.2) is 16.6 Å². The van der Waals surface area contributed by atoms with E-state index in [4.69, 9.17) is 11.6 Å². The molecule has 0 atom stereocenters. The average Bonchev–Trinajstić information content (AvgIpc) is 2.48. The van der Waals surface area contributed by atoms with Gasteiger partial charge in [-0.3, -0.25) is 14.9 Å². The van der Waals surface area contributed by atoms with Crippen molar-refractivity contribution < 1.29 is 18.5 Å². The number of rotatable bonds is 5. The van der Waals surface area contributed by atoms with Crippen LogP contribution in [0.25, 0.3) is 0 Å². The van der Waals surface area contributed by atoms with E-state index in [1.807, 2.05) is 0 Å². The molecule has 9 heteroatoms. The summed E-state index contributed by atoms with van der Waals surface area (Å²) in [4.78, 5) is 22.5. The van der Waals surface area contributed by atoms with Gasteiger partial charge in [-0.05, 0) is 30.3 Å². The minimum absolute atomic E-state index is 0.0541. The molecular weight excluding hydrogens is 350 g/mol. The van der Waals surface area contributed by atoms with Gasteiger partial charge in [0.2, 0.25) is 0 Å². The first-order chi connectivity index (χ1) is 10.9. The average molecular weight is 359 g/mol. The highest BCUT2D eigenvalue weighted by atomic mass is 35.5. The van der Waals surface area contributed by atoms with Crippen molar-refractivity contribution >= 4 is 40.6 Å². The van der Waals surface area contributed by atoms with Crippen molar-refractivity contribution in [1.29, 1.82) is 0 Å². The third-order valence-electron chi connectivity index (χ3n) is 2.75. The Morgan fingerprint density at radius 3 is 2.39 bits per heavy atom. The summed E-state index contributed by atoms with van der Waals surface area (Å²) in [5, 5.41) is 13.1.